The topological polar surface area (TPSA) is 16.4 Å². The van der Waals surface area contributed by atoms with E-state index in [-0.39, 0.29) is 0 Å². The molecule has 0 radical (unpaired) electrons. The minimum atomic E-state index is 0.874. The standard InChI is InChI=1S/C50H35NO/c1-3-12-36(13-4-1)40-17-9-18-41(32-40)38-24-28-46(29-25-38)51(48-22-11-20-43(34-48)37-14-5-2-6-15-37)47-30-26-39(27-31-47)42-19-10-21-44(33-42)50-35-45-16-7-8-23-49(45)52-50/h1-35H. The molecule has 9 rings (SSSR count). The Hall–Kier alpha value is -6.90. The Bertz CT molecular complexity index is 2570. The molecule has 0 aliphatic rings. The van der Waals surface area contributed by atoms with Gasteiger partial charge in [-0.15, -0.1) is 0 Å². The van der Waals surface area contributed by atoms with Crippen molar-refractivity contribution in [2.24, 2.45) is 0 Å². The molecule has 0 amide bonds. The molecule has 9 aromatic rings. The van der Waals surface area contributed by atoms with Crippen LogP contribution in [0.2, 0.25) is 0 Å². The molecule has 0 fully saturated rings. The van der Waals surface area contributed by atoms with E-state index in [1.807, 2.05) is 18.2 Å². The average molecular weight is 666 g/mol. The largest absolute Gasteiger partial charge is 0.456 e. The van der Waals surface area contributed by atoms with Crippen molar-refractivity contribution in [2.75, 3.05) is 4.90 Å². The van der Waals surface area contributed by atoms with Crippen LogP contribution >= 0.6 is 0 Å². The highest BCUT2D eigenvalue weighted by molar-refractivity contribution is 5.85. The van der Waals surface area contributed by atoms with Crippen LogP contribution in [-0.2, 0) is 0 Å². The van der Waals surface area contributed by atoms with E-state index in [0.717, 1.165) is 50.5 Å². The van der Waals surface area contributed by atoms with Gasteiger partial charge >= 0.3 is 0 Å². The molecule has 0 saturated heterocycles. The predicted molar refractivity (Wildman–Crippen MR) is 218 cm³/mol. The summed E-state index contributed by atoms with van der Waals surface area (Å²) in [7, 11) is 0. The second-order valence-electron chi connectivity index (χ2n) is 13.0. The Labute approximate surface area is 304 Å². The fourth-order valence-corrected chi connectivity index (χ4v) is 6.99. The van der Waals surface area contributed by atoms with Crippen molar-refractivity contribution in [3.05, 3.63) is 212 Å². The van der Waals surface area contributed by atoms with Crippen LogP contribution in [0, 0.1) is 0 Å². The molecule has 0 aliphatic heterocycles. The summed E-state index contributed by atoms with van der Waals surface area (Å²) < 4.78 is 6.19. The van der Waals surface area contributed by atoms with Crippen LogP contribution in [0.25, 0.3) is 66.8 Å². The van der Waals surface area contributed by atoms with Gasteiger partial charge in [-0.05, 0) is 105 Å². The van der Waals surface area contributed by atoms with Gasteiger partial charge < -0.3 is 9.32 Å². The van der Waals surface area contributed by atoms with E-state index in [1.54, 1.807) is 0 Å². The van der Waals surface area contributed by atoms with E-state index in [9.17, 15) is 0 Å². The van der Waals surface area contributed by atoms with Crippen LogP contribution < -0.4 is 4.90 Å². The first kappa shape index (κ1) is 31.1. The highest BCUT2D eigenvalue weighted by Crippen LogP contribution is 2.39. The van der Waals surface area contributed by atoms with Crippen LogP contribution in [0.15, 0.2) is 217 Å². The Morgan fingerprint density at radius 1 is 0.269 bits per heavy atom. The van der Waals surface area contributed by atoms with Gasteiger partial charge in [0.2, 0.25) is 0 Å². The van der Waals surface area contributed by atoms with E-state index >= 15 is 0 Å². The summed E-state index contributed by atoms with van der Waals surface area (Å²) in [5, 5.41) is 1.11. The molecular weight excluding hydrogens is 631 g/mol. The van der Waals surface area contributed by atoms with Crippen LogP contribution in [0.1, 0.15) is 0 Å². The molecule has 8 aromatic carbocycles. The van der Waals surface area contributed by atoms with Gasteiger partial charge in [0.05, 0.1) is 0 Å². The average Bonchev–Trinajstić information content (AvgIpc) is 3.67. The zero-order valence-electron chi connectivity index (χ0n) is 28.6. The van der Waals surface area contributed by atoms with Crippen molar-refractivity contribution in [3.63, 3.8) is 0 Å². The molecule has 0 N–H and O–H groups in total. The van der Waals surface area contributed by atoms with Crippen LogP contribution in [0.4, 0.5) is 17.1 Å². The molecule has 52 heavy (non-hydrogen) atoms. The van der Waals surface area contributed by atoms with Gasteiger partial charge in [-0.3, -0.25) is 0 Å². The van der Waals surface area contributed by atoms with Crippen molar-refractivity contribution in [2.45, 2.75) is 0 Å². The van der Waals surface area contributed by atoms with Gasteiger partial charge in [-0.1, -0.05) is 152 Å². The molecule has 0 spiro atoms. The van der Waals surface area contributed by atoms with E-state index in [1.165, 1.54) is 33.4 Å². The molecule has 1 aromatic heterocycles. The van der Waals surface area contributed by atoms with Crippen molar-refractivity contribution < 1.29 is 4.42 Å². The highest BCUT2D eigenvalue weighted by Gasteiger charge is 2.15. The first-order chi connectivity index (χ1) is 25.7. The number of nitrogens with zero attached hydrogens (tertiary/aromatic N) is 1. The quantitative estimate of drug-likeness (QED) is 0.161. The van der Waals surface area contributed by atoms with Crippen molar-refractivity contribution >= 4 is 28.0 Å². The van der Waals surface area contributed by atoms with Crippen LogP contribution in [0.5, 0.6) is 0 Å². The molecular formula is C50H35NO. The summed E-state index contributed by atoms with van der Waals surface area (Å²) in [6.45, 7) is 0. The van der Waals surface area contributed by atoms with Gasteiger partial charge in [0.1, 0.15) is 11.3 Å². The van der Waals surface area contributed by atoms with Gasteiger partial charge in [0.25, 0.3) is 0 Å². The summed E-state index contributed by atoms with van der Waals surface area (Å²) in [5.41, 5.74) is 14.7. The normalized spacial score (nSPS) is 11.1. The third-order valence-electron chi connectivity index (χ3n) is 9.67. The first-order valence-electron chi connectivity index (χ1n) is 17.7. The third-order valence-corrected chi connectivity index (χ3v) is 9.67. The molecule has 2 heteroatoms. The van der Waals surface area contributed by atoms with Crippen LogP contribution in [-0.4, -0.2) is 0 Å². The lowest BCUT2D eigenvalue weighted by Crippen LogP contribution is -2.10. The smallest absolute Gasteiger partial charge is 0.135 e. The number of anilines is 3. The number of benzene rings is 8. The second kappa shape index (κ2) is 13.8. The molecule has 0 atom stereocenters. The van der Waals surface area contributed by atoms with Gasteiger partial charge in [0.15, 0.2) is 0 Å². The maximum Gasteiger partial charge on any atom is 0.135 e. The number of hydrogen-bond donors (Lipinski definition) is 0. The molecule has 0 saturated carbocycles. The highest BCUT2D eigenvalue weighted by atomic mass is 16.3. The monoisotopic (exact) mass is 665 g/mol. The zero-order valence-corrected chi connectivity index (χ0v) is 28.6. The van der Waals surface area contributed by atoms with E-state index in [0.29, 0.717) is 0 Å². The zero-order chi connectivity index (χ0) is 34.7. The number of fused-ring (bicyclic) bond motifs is 1. The lowest BCUT2D eigenvalue weighted by atomic mass is 9.98. The third kappa shape index (κ3) is 6.30. The summed E-state index contributed by atoms with van der Waals surface area (Å²) >= 11 is 0. The summed E-state index contributed by atoms with van der Waals surface area (Å²) in [4.78, 5) is 2.34. The van der Waals surface area contributed by atoms with E-state index < -0.39 is 0 Å². The predicted octanol–water partition coefficient (Wildman–Crippen LogP) is 14.2. The minimum absolute atomic E-state index is 0.874. The number of para-hydroxylation sites is 1. The van der Waals surface area contributed by atoms with Crippen molar-refractivity contribution in [1.29, 1.82) is 0 Å². The minimum Gasteiger partial charge on any atom is -0.456 e. The van der Waals surface area contributed by atoms with Crippen molar-refractivity contribution in [1.82, 2.24) is 0 Å². The van der Waals surface area contributed by atoms with Gasteiger partial charge in [-0.2, -0.15) is 0 Å². The summed E-state index contributed by atoms with van der Waals surface area (Å²) in [6, 6.07) is 75.3. The van der Waals surface area contributed by atoms with E-state index in [2.05, 4.69) is 199 Å². The lowest BCUT2D eigenvalue weighted by molar-refractivity contribution is 0.631. The first-order valence-corrected chi connectivity index (χ1v) is 17.7. The van der Waals surface area contributed by atoms with E-state index in [4.69, 9.17) is 4.42 Å². The summed E-state index contributed by atoms with van der Waals surface area (Å²) in [5.74, 6) is 0.874. The Morgan fingerprint density at radius 2 is 0.692 bits per heavy atom. The number of hydrogen-bond acceptors (Lipinski definition) is 2. The molecule has 246 valence electrons. The molecule has 0 aliphatic carbocycles. The fraction of sp³-hybridized carbons (Fsp3) is 0. The molecule has 2 nitrogen and oxygen atoms in total. The molecule has 1 heterocycles. The fourth-order valence-electron chi connectivity index (χ4n) is 6.99. The molecule has 0 bridgehead atoms. The van der Waals surface area contributed by atoms with Gasteiger partial charge in [-0.25, -0.2) is 0 Å². The van der Waals surface area contributed by atoms with Crippen molar-refractivity contribution in [3.8, 4) is 55.8 Å². The lowest BCUT2D eigenvalue weighted by Gasteiger charge is -2.26. The summed E-state index contributed by atoms with van der Waals surface area (Å²) in [6.07, 6.45) is 0. The van der Waals surface area contributed by atoms with Crippen LogP contribution in [0.3, 0.4) is 0 Å². The Balaban J connectivity index is 1.07. The number of furan rings is 1. The number of rotatable bonds is 8. The maximum atomic E-state index is 6.19. The Morgan fingerprint density at radius 3 is 1.25 bits per heavy atom. The SMILES string of the molecule is c1ccc(-c2cccc(-c3ccc(N(c4ccc(-c5cccc(-c6cc7ccccc7o6)c5)cc4)c4cccc(-c5ccccc5)c4)cc3)c2)cc1. The van der Waals surface area contributed by atoms with Gasteiger partial charge in [0, 0.05) is 28.0 Å². The maximum absolute atomic E-state index is 6.19. The molecule has 0 unspecified atom stereocenters. The second-order valence-corrected chi connectivity index (χ2v) is 13.0. The Kier molecular flexibility index (Phi) is 8.24.